The lowest BCUT2D eigenvalue weighted by Gasteiger charge is -2.31. The van der Waals surface area contributed by atoms with Crippen molar-refractivity contribution in [3.8, 4) is 0 Å². The summed E-state index contributed by atoms with van der Waals surface area (Å²) in [6, 6.07) is 13.3. The third kappa shape index (κ3) is 2.64. The average molecular weight is 362 g/mol. The summed E-state index contributed by atoms with van der Waals surface area (Å²) in [6.45, 7) is 0. The molecular formula is C20H14N2O5. The standard InChI is InChI=1S/C20H14N2O5/c23-16-14(10-11-6-2-1-3-7-11)17(24)21-18(25)15(16)22-19(26)12-8-4-5-9-13(12)20(22)27/h1-9,14-15H,10H2,(H,21,24,25). The van der Waals surface area contributed by atoms with Crippen molar-refractivity contribution in [1.82, 2.24) is 10.2 Å². The smallest absolute Gasteiger partial charge is 0.262 e. The number of imide groups is 2. The molecule has 1 fully saturated rings. The van der Waals surface area contributed by atoms with Crippen molar-refractivity contribution < 1.29 is 24.0 Å². The Morgan fingerprint density at radius 1 is 0.741 bits per heavy atom. The Kier molecular flexibility index (Phi) is 3.92. The highest BCUT2D eigenvalue weighted by Gasteiger charge is 2.51. The second-order valence-electron chi connectivity index (χ2n) is 6.43. The van der Waals surface area contributed by atoms with Crippen LogP contribution in [0.25, 0.3) is 0 Å². The number of amides is 4. The molecule has 2 aromatic rings. The van der Waals surface area contributed by atoms with Crippen LogP contribution in [0.4, 0.5) is 0 Å². The van der Waals surface area contributed by atoms with Gasteiger partial charge in [-0.25, -0.2) is 0 Å². The van der Waals surface area contributed by atoms with Gasteiger partial charge in [0.1, 0.15) is 5.92 Å². The highest BCUT2D eigenvalue weighted by Crippen LogP contribution is 2.28. The molecule has 7 nitrogen and oxygen atoms in total. The highest BCUT2D eigenvalue weighted by molar-refractivity contribution is 6.30. The van der Waals surface area contributed by atoms with Crippen molar-refractivity contribution in [1.29, 1.82) is 0 Å². The van der Waals surface area contributed by atoms with Crippen LogP contribution in [0.2, 0.25) is 0 Å². The fourth-order valence-electron chi connectivity index (χ4n) is 3.46. The Bertz CT molecular complexity index is 963. The van der Waals surface area contributed by atoms with Crippen LogP contribution in [0.5, 0.6) is 0 Å². The molecule has 0 spiro atoms. The monoisotopic (exact) mass is 362 g/mol. The van der Waals surface area contributed by atoms with Gasteiger partial charge in [-0.15, -0.1) is 0 Å². The van der Waals surface area contributed by atoms with E-state index < -0.39 is 41.4 Å². The van der Waals surface area contributed by atoms with Crippen molar-refractivity contribution >= 4 is 29.4 Å². The van der Waals surface area contributed by atoms with E-state index in [1.54, 1.807) is 42.5 Å². The van der Waals surface area contributed by atoms with Crippen LogP contribution >= 0.6 is 0 Å². The summed E-state index contributed by atoms with van der Waals surface area (Å²) in [4.78, 5) is 63.4. The molecule has 1 N–H and O–H groups in total. The molecule has 0 saturated carbocycles. The molecule has 0 radical (unpaired) electrons. The average Bonchev–Trinajstić information content (AvgIpc) is 2.91. The van der Waals surface area contributed by atoms with Crippen LogP contribution in [-0.2, 0) is 20.8 Å². The quantitative estimate of drug-likeness (QED) is 0.641. The number of carbonyl (C=O) groups excluding carboxylic acids is 5. The lowest BCUT2D eigenvalue weighted by atomic mass is 9.86. The Morgan fingerprint density at radius 2 is 1.30 bits per heavy atom. The Balaban J connectivity index is 1.67. The van der Waals surface area contributed by atoms with Crippen LogP contribution in [0.1, 0.15) is 26.3 Å². The van der Waals surface area contributed by atoms with Crippen LogP contribution < -0.4 is 5.32 Å². The maximum atomic E-state index is 13.0. The predicted molar refractivity (Wildman–Crippen MR) is 92.5 cm³/mol. The normalized spacial score (nSPS) is 22.1. The zero-order chi connectivity index (χ0) is 19.1. The second-order valence-corrected chi connectivity index (χ2v) is 6.43. The number of fused-ring (bicyclic) bond motifs is 1. The molecule has 4 rings (SSSR count). The minimum atomic E-state index is -1.65. The number of piperidine rings is 1. The first-order valence-electron chi connectivity index (χ1n) is 8.38. The van der Waals surface area contributed by atoms with Gasteiger partial charge in [0.15, 0.2) is 11.8 Å². The first kappa shape index (κ1) is 16.8. The summed E-state index contributed by atoms with van der Waals surface area (Å²) in [6.07, 6.45) is 0.0818. The number of nitrogens with zero attached hydrogens (tertiary/aromatic N) is 1. The highest BCUT2D eigenvalue weighted by atomic mass is 16.2. The van der Waals surface area contributed by atoms with Crippen molar-refractivity contribution in [3.05, 3.63) is 71.3 Å². The number of hydrogen-bond donors (Lipinski definition) is 1. The lowest BCUT2D eigenvalue weighted by molar-refractivity contribution is -0.148. The largest absolute Gasteiger partial charge is 0.296 e. The lowest BCUT2D eigenvalue weighted by Crippen LogP contribution is -2.63. The summed E-state index contributed by atoms with van der Waals surface area (Å²) < 4.78 is 0. The second kappa shape index (κ2) is 6.28. The van der Waals surface area contributed by atoms with Crippen molar-refractivity contribution in [3.63, 3.8) is 0 Å². The van der Waals surface area contributed by atoms with E-state index in [-0.39, 0.29) is 17.5 Å². The molecule has 4 amide bonds. The topological polar surface area (TPSA) is 101 Å². The Hall–Kier alpha value is -3.61. The molecule has 0 aromatic heterocycles. The molecule has 134 valence electrons. The minimum absolute atomic E-state index is 0.0818. The van der Waals surface area contributed by atoms with Gasteiger partial charge in [0.05, 0.1) is 11.1 Å². The third-order valence-corrected chi connectivity index (χ3v) is 4.79. The first-order valence-corrected chi connectivity index (χ1v) is 8.38. The number of benzene rings is 2. The Labute approximate surface area is 154 Å². The van der Waals surface area contributed by atoms with Crippen LogP contribution in [0.3, 0.4) is 0 Å². The number of nitrogens with one attached hydrogen (secondary N) is 1. The van der Waals surface area contributed by atoms with Crippen LogP contribution in [0, 0.1) is 5.92 Å². The molecule has 2 aliphatic rings. The minimum Gasteiger partial charge on any atom is -0.296 e. The van der Waals surface area contributed by atoms with Crippen molar-refractivity contribution in [2.45, 2.75) is 12.5 Å². The number of hydrogen-bond acceptors (Lipinski definition) is 5. The molecule has 2 atom stereocenters. The van der Waals surface area contributed by atoms with E-state index in [1.165, 1.54) is 12.1 Å². The zero-order valence-corrected chi connectivity index (χ0v) is 14.0. The van der Waals surface area contributed by atoms with E-state index in [2.05, 4.69) is 5.32 Å². The van der Waals surface area contributed by atoms with Gasteiger partial charge in [0.2, 0.25) is 5.91 Å². The maximum Gasteiger partial charge on any atom is 0.262 e. The molecule has 0 bridgehead atoms. The molecule has 2 heterocycles. The zero-order valence-electron chi connectivity index (χ0n) is 14.0. The van der Waals surface area contributed by atoms with Gasteiger partial charge in [-0.05, 0) is 24.1 Å². The van der Waals surface area contributed by atoms with Crippen molar-refractivity contribution in [2.24, 2.45) is 5.92 Å². The van der Waals surface area contributed by atoms with E-state index in [9.17, 15) is 24.0 Å². The number of Topliss-reactive ketones (excluding diaryl/α,β-unsaturated/α-hetero) is 1. The van der Waals surface area contributed by atoms with E-state index >= 15 is 0 Å². The molecule has 2 unspecified atom stereocenters. The summed E-state index contributed by atoms with van der Waals surface area (Å²) in [5.74, 6) is -5.00. The van der Waals surface area contributed by atoms with E-state index in [1.807, 2.05) is 0 Å². The van der Waals surface area contributed by atoms with Gasteiger partial charge in [0, 0.05) is 0 Å². The maximum absolute atomic E-state index is 13.0. The van der Waals surface area contributed by atoms with Gasteiger partial charge < -0.3 is 0 Å². The molecule has 1 saturated heterocycles. The molecular weight excluding hydrogens is 348 g/mol. The Morgan fingerprint density at radius 3 is 1.89 bits per heavy atom. The van der Waals surface area contributed by atoms with Crippen molar-refractivity contribution in [2.75, 3.05) is 0 Å². The summed E-state index contributed by atoms with van der Waals surface area (Å²) in [5.41, 5.74) is 1.01. The number of carbonyl (C=O) groups is 5. The first-order chi connectivity index (χ1) is 13.0. The van der Waals surface area contributed by atoms with Crippen LogP contribution in [-0.4, -0.2) is 40.4 Å². The molecule has 2 aromatic carbocycles. The van der Waals surface area contributed by atoms with Crippen LogP contribution in [0.15, 0.2) is 54.6 Å². The summed E-state index contributed by atoms with van der Waals surface area (Å²) in [5, 5.41) is 2.13. The number of ketones is 1. The predicted octanol–water partition coefficient (Wildman–Crippen LogP) is 0.736. The van der Waals surface area contributed by atoms with Gasteiger partial charge in [0.25, 0.3) is 17.7 Å². The molecule has 2 aliphatic heterocycles. The van der Waals surface area contributed by atoms with E-state index in [0.29, 0.717) is 4.90 Å². The molecule has 27 heavy (non-hydrogen) atoms. The van der Waals surface area contributed by atoms with E-state index in [4.69, 9.17) is 0 Å². The fourth-order valence-corrected chi connectivity index (χ4v) is 3.46. The fraction of sp³-hybridized carbons (Fsp3) is 0.150. The van der Waals surface area contributed by atoms with Gasteiger partial charge in [-0.1, -0.05) is 42.5 Å². The SMILES string of the molecule is O=C1NC(=O)C(N2C(=O)c3ccccc3C2=O)C(=O)C1Cc1ccccc1. The number of rotatable bonds is 3. The molecule has 7 heteroatoms. The van der Waals surface area contributed by atoms with Gasteiger partial charge >= 0.3 is 0 Å². The van der Waals surface area contributed by atoms with Gasteiger partial charge in [-0.3, -0.25) is 34.2 Å². The summed E-state index contributed by atoms with van der Waals surface area (Å²) in [7, 11) is 0. The third-order valence-electron chi connectivity index (χ3n) is 4.79. The van der Waals surface area contributed by atoms with E-state index in [0.717, 1.165) is 5.56 Å². The molecule has 0 aliphatic carbocycles. The summed E-state index contributed by atoms with van der Waals surface area (Å²) >= 11 is 0. The van der Waals surface area contributed by atoms with Gasteiger partial charge in [-0.2, -0.15) is 0 Å².